The second-order valence-electron chi connectivity index (χ2n) is 7.25. The smallest absolute Gasteiger partial charge is 0.257 e. The standard InChI is InChI=1S/C23H20BrN5O3/c1-13-20(14-7-9-15(24)10-8-14)22(29(2)28-13)27-19(30)12-26-23(32)17-11-25-18-6-4-3-5-16(18)21(17)31/h3-11H,12H2,1-2H3,(H,25,31)(H,26,32)(H,27,30). The summed E-state index contributed by atoms with van der Waals surface area (Å²) in [7, 11) is 1.73. The fraction of sp³-hybridized carbons (Fsp3) is 0.130. The highest BCUT2D eigenvalue weighted by molar-refractivity contribution is 9.10. The molecule has 0 bridgehead atoms. The third-order valence-electron chi connectivity index (χ3n) is 5.06. The Labute approximate surface area is 191 Å². The molecule has 3 N–H and O–H groups in total. The number of hydrogen-bond acceptors (Lipinski definition) is 4. The summed E-state index contributed by atoms with van der Waals surface area (Å²) in [6, 6.07) is 14.6. The van der Waals surface area contributed by atoms with Gasteiger partial charge >= 0.3 is 0 Å². The fourth-order valence-corrected chi connectivity index (χ4v) is 3.80. The number of nitrogens with zero attached hydrogens (tertiary/aromatic N) is 2. The number of halogens is 1. The van der Waals surface area contributed by atoms with Crippen LogP contribution in [0.25, 0.3) is 22.0 Å². The maximum atomic E-state index is 12.6. The van der Waals surface area contributed by atoms with Crippen LogP contribution >= 0.6 is 15.9 Å². The number of anilines is 1. The zero-order valence-corrected chi connectivity index (χ0v) is 19.0. The van der Waals surface area contributed by atoms with E-state index in [1.54, 1.807) is 36.0 Å². The summed E-state index contributed by atoms with van der Waals surface area (Å²) in [6.45, 7) is 1.57. The van der Waals surface area contributed by atoms with Crippen molar-refractivity contribution in [1.82, 2.24) is 20.1 Å². The number of carbonyl (C=O) groups is 2. The highest BCUT2D eigenvalue weighted by Crippen LogP contribution is 2.31. The number of hydrogen-bond donors (Lipinski definition) is 3. The monoisotopic (exact) mass is 493 g/mol. The number of H-pyrrole nitrogens is 1. The molecule has 0 aliphatic heterocycles. The third kappa shape index (κ3) is 4.19. The molecule has 2 heterocycles. The molecule has 4 aromatic rings. The quantitative estimate of drug-likeness (QED) is 0.395. The molecule has 0 aliphatic carbocycles. The van der Waals surface area contributed by atoms with E-state index in [-0.39, 0.29) is 12.1 Å². The minimum atomic E-state index is -0.624. The molecule has 162 valence electrons. The maximum Gasteiger partial charge on any atom is 0.257 e. The van der Waals surface area contributed by atoms with Crippen LogP contribution in [-0.2, 0) is 11.8 Å². The largest absolute Gasteiger partial charge is 0.360 e. The van der Waals surface area contributed by atoms with Crippen LogP contribution in [0.4, 0.5) is 5.82 Å². The molecular formula is C23H20BrN5O3. The highest BCUT2D eigenvalue weighted by Gasteiger charge is 2.19. The number of aromatic amines is 1. The van der Waals surface area contributed by atoms with Crippen molar-refractivity contribution in [3.8, 4) is 11.1 Å². The molecule has 0 saturated heterocycles. The van der Waals surface area contributed by atoms with Gasteiger partial charge in [-0.1, -0.05) is 40.2 Å². The van der Waals surface area contributed by atoms with Crippen molar-refractivity contribution in [1.29, 1.82) is 0 Å². The fourth-order valence-electron chi connectivity index (χ4n) is 3.53. The molecule has 0 radical (unpaired) electrons. The van der Waals surface area contributed by atoms with Crippen molar-refractivity contribution in [3.05, 3.63) is 80.7 Å². The summed E-state index contributed by atoms with van der Waals surface area (Å²) in [5.41, 5.74) is 2.66. The van der Waals surface area contributed by atoms with Crippen LogP contribution in [0.2, 0.25) is 0 Å². The first kappa shape index (κ1) is 21.5. The van der Waals surface area contributed by atoms with E-state index in [1.807, 2.05) is 31.2 Å². The number of benzene rings is 2. The van der Waals surface area contributed by atoms with Crippen LogP contribution in [0.3, 0.4) is 0 Å². The Bertz CT molecular complexity index is 1390. The summed E-state index contributed by atoms with van der Waals surface area (Å²) in [6.07, 6.45) is 1.36. The predicted octanol–water partition coefficient (Wildman–Crippen LogP) is 3.37. The molecule has 2 amide bonds. The minimum absolute atomic E-state index is 0.0524. The molecule has 0 spiro atoms. The highest BCUT2D eigenvalue weighted by atomic mass is 79.9. The summed E-state index contributed by atoms with van der Waals surface area (Å²) in [5, 5.41) is 10.1. The van der Waals surface area contributed by atoms with Crippen molar-refractivity contribution in [2.45, 2.75) is 6.92 Å². The van der Waals surface area contributed by atoms with E-state index in [2.05, 4.69) is 36.6 Å². The van der Waals surface area contributed by atoms with Crippen LogP contribution in [-0.4, -0.2) is 33.1 Å². The molecule has 0 saturated carbocycles. The topological polar surface area (TPSA) is 109 Å². The SMILES string of the molecule is Cc1nn(C)c(NC(=O)CNC(=O)c2c[nH]c3ccccc3c2=O)c1-c1ccc(Br)cc1. The second-order valence-corrected chi connectivity index (χ2v) is 8.16. The predicted molar refractivity (Wildman–Crippen MR) is 127 cm³/mol. The summed E-state index contributed by atoms with van der Waals surface area (Å²) in [4.78, 5) is 40.6. The van der Waals surface area contributed by atoms with Crippen LogP contribution in [0.15, 0.2) is 64.0 Å². The molecule has 4 rings (SSSR count). The molecule has 0 aliphatic rings. The second kappa shape index (κ2) is 8.80. The molecule has 2 aromatic heterocycles. The number of carbonyl (C=O) groups excluding carboxylic acids is 2. The zero-order valence-electron chi connectivity index (χ0n) is 17.4. The lowest BCUT2D eigenvalue weighted by atomic mass is 10.1. The normalized spacial score (nSPS) is 10.8. The van der Waals surface area contributed by atoms with Crippen molar-refractivity contribution < 1.29 is 9.59 Å². The Morgan fingerprint density at radius 1 is 1.12 bits per heavy atom. The third-order valence-corrected chi connectivity index (χ3v) is 5.58. The Kier molecular flexibility index (Phi) is 5.91. The van der Waals surface area contributed by atoms with Crippen LogP contribution in [0, 0.1) is 6.92 Å². The maximum absolute atomic E-state index is 12.6. The lowest BCUT2D eigenvalue weighted by molar-refractivity contribution is -0.115. The Morgan fingerprint density at radius 2 is 1.84 bits per heavy atom. The van der Waals surface area contributed by atoms with Crippen molar-refractivity contribution in [2.75, 3.05) is 11.9 Å². The number of fused-ring (bicyclic) bond motifs is 1. The lowest BCUT2D eigenvalue weighted by Crippen LogP contribution is -2.35. The molecule has 0 atom stereocenters. The first-order chi connectivity index (χ1) is 15.3. The van der Waals surface area contributed by atoms with Crippen molar-refractivity contribution >= 4 is 44.5 Å². The van der Waals surface area contributed by atoms with Gasteiger partial charge in [0.05, 0.1) is 12.2 Å². The van der Waals surface area contributed by atoms with E-state index in [4.69, 9.17) is 0 Å². The van der Waals surface area contributed by atoms with Gasteiger partial charge < -0.3 is 15.6 Å². The molecule has 8 nitrogen and oxygen atoms in total. The lowest BCUT2D eigenvalue weighted by Gasteiger charge is -2.10. The van der Waals surface area contributed by atoms with Crippen LogP contribution < -0.4 is 16.1 Å². The molecular weight excluding hydrogens is 474 g/mol. The molecule has 32 heavy (non-hydrogen) atoms. The Balaban J connectivity index is 1.49. The van der Waals surface area contributed by atoms with Gasteiger partial charge in [-0.15, -0.1) is 0 Å². The first-order valence-corrected chi connectivity index (χ1v) is 10.6. The van der Waals surface area contributed by atoms with E-state index in [1.165, 1.54) is 6.20 Å². The van der Waals surface area contributed by atoms with Gasteiger partial charge in [0.25, 0.3) is 5.91 Å². The van der Waals surface area contributed by atoms with Gasteiger partial charge in [0.2, 0.25) is 11.3 Å². The molecule has 2 aromatic carbocycles. The van der Waals surface area contributed by atoms with Gasteiger partial charge in [-0.05, 0) is 36.8 Å². The zero-order chi connectivity index (χ0) is 22.8. The minimum Gasteiger partial charge on any atom is -0.360 e. The molecule has 0 unspecified atom stereocenters. The number of aryl methyl sites for hydroxylation is 2. The van der Waals surface area contributed by atoms with Gasteiger partial charge in [-0.3, -0.25) is 19.1 Å². The Hall–Kier alpha value is -3.72. The van der Waals surface area contributed by atoms with Crippen molar-refractivity contribution in [3.63, 3.8) is 0 Å². The van der Waals surface area contributed by atoms with Crippen LogP contribution in [0.1, 0.15) is 16.1 Å². The van der Waals surface area contributed by atoms with E-state index < -0.39 is 17.2 Å². The van der Waals surface area contributed by atoms with Gasteiger partial charge in [0, 0.05) is 34.2 Å². The van der Waals surface area contributed by atoms with E-state index in [9.17, 15) is 14.4 Å². The first-order valence-electron chi connectivity index (χ1n) is 9.83. The van der Waals surface area contributed by atoms with Gasteiger partial charge in [-0.2, -0.15) is 5.10 Å². The van der Waals surface area contributed by atoms with Gasteiger partial charge in [0.1, 0.15) is 11.4 Å². The van der Waals surface area contributed by atoms with E-state index >= 15 is 0 Å². The Morgan fingerprint density at radius 3 is 2.59 bits per heavy atom. The number of pyridine rings is 1. The van der Waals surface area contributed by atoms with Gasteiger partial charge in [0.15, 0.2) is 0 Å². The van der Waals surface area contributed by atoms with Gasteiger partial charge in [-0.25, -0.2) is 0 Å². The molecule has 0 fully saturated rings. The summed E-state index contributed by atoms with van der Waals surface area (Å²) in [5.74, 6) is -0.536. The number of aromatic nitrogens is 3. The number of para-hydroxylation sites is 1. The average Bonchev–Trinajstić information content (AvgIpc) is 3.06. The number of amides is 2. The molecule has 9 heteroatoms. The number of rotatable bonds is 5. The van der Waals surface area contributed by atoms with E-state index in [0.717, 1.165) is 21.3 Å². The number of nitrogens with one attached hydrogen (secondary N) is 3. The van der Waals surface area contributed by atoms with Crippen molar-refractivity contribution in [2.24, 2.45) is 7.05 Å². The van der Waals surface area contributed by atoms with Crippen LogP contribution in [0.5, 0.6) is 0 Å². The van der Waals surface area contributed by atoms with E-state index in [0.29, 0.717) is 16.7 Å². The summed E-state index contributed by atoms with van der Waals surface area (Å²) < 4.78 is 2.53. The summed E-state index contributed by atoms with van der Waals surface area (Å²) >= 11 is 3.42. The average molecular weight is 494 g/mol.